The van der Waals surface area contributed by atoms with E-state index < -0.39 is 15.9 Å². The number of ether oxygens (including phenoxy) is 1. The predicted octanol–water partition coefficient (Wildman–Crippen LogP) is 4.66. The van der Waals surface area contributed by atoms with Crippen LogP contribution in [-0.4, -0.2) is 31.7 Å². The summed E-state index contributed by atoms with van der Waals surface area (Å²) in [7, 11) is -3.50. The molecule has 1 aliphatic rings. The molecule has 0 spiro atoms. The van der Waals surface area contributed by atoms with Gasteiger partial charge in [0.15, 0.2) is 5.75 Å². The average Bonchev–Trinajstić information content (AvgIpc) is 2.81. The van der Waals surface area contributed by atoms with Crippen LogP contribution in [0.4, 0.5) is 5.69 Å². The van der Waals surface area contributed by atoms with Gasteiger partial charge in [0, 0.05) is 13.1 Å². The van der Waals surface area contributed by atoms with Crippen LogP contribution in [-0.2, 0) is 20.6 Å². The van der Waals surface area contributed by atoms with Gasteiger partial charge in [-0.3, -0.25) is 4.79 Å². The lowest BCUT2D eigenvalue weighted by atomic mass is 9.98. The molecule has 1 aliphatic heterocycles. The Hall–Kier alpha value is -3.16. The van der Waals surface area contributed by atoms with Crippen LogP contribution in [0.2, 0.25) is 0 Å². The van der Waals surface area contributed by atoms with Crippen LogP contribution in [0.3, 0.4) is 0 Å². The maximum Gasteiger partial charge on any atom is 0.228 e. The van der Waals surface area contributed by atoms with Crippen molar-refractivity contribution in [2.45, 2.75) is 18.6 Å². The fraction of sp³-hybridized carbons (Fsp3) is 0.240. The van der Waals surface area contributed by atoms with Crippen molar-refractivity contribution in [1.29, 1.82) is 0 Å². The highest BCUT2D eigenvalue weighted by Crippen LogP contribution is 2.30. The molecule has 1 N–H and O–H groups in total. The van der Waals surface area contributed by atoms with Crippen molar-refractivity contribution in [2.24, 2.45) is 5.92 Å². The van der Waals surface area contributed by atoms with Crippen LogP contribution in [0.25, 0.3) is 0 Å². The molecule has 166 valence electrons. The molecule has 3 aromatic rings. The quantitative estimate of drug-likeness (QED) is 0.568. The number of anilines is 1. The summed E-state index contributed by atoms with van der Waals surface area (Å²) in [6, 6.07) is 25.7. The molecule has 32 heavy (non-hydrogen) atoms. The van der Waals surface area contributed by atoms with E-state index in [9.17, 15) is 13.2 Å². The normalized spacial score (nSPS) is 16.9. The van der Waals surface area contributed by atoms with E-state index in [1.165, 1.54) is 4.31 Å². The van der Waals surface area contributed by atoms with Crippen LogP contribution in [0.5, 0.6) is 11.5 Å². The minimum absolute atomic E-state index is 0.0596. The molecule has 0 bridgehead atoms. The van der Waals surface area contributed by atoms with Crippen LogP contribution in [0.1, 0.15) is 18.4 Å². The first-order chi connectivity index (χ1) is 15.5. The molecule has 1 saturated heterocycles. The first-order valence-electron chi connectivity index (χ1n) is 10.7. The highest BCUT2D eigenvalue weighted by molar-refractivity contribution is 7.88. The van der Waals surface area contributed by atoms with Crippen molar-refractivity contribution in [3.05, 3.63) is 90.5 Å². The van der Waals surface area contributed by atoms with Crippen molar-refractivity contribution in [3.63, 3.8) is 0 Å². The van der Waals surface area contributed by atoms with Crippen molar-refractivity contribution < 1.29 is 17.9 Å². The number of carbonyl (C=O) groups is 1. The standard InChI is InChI=1S/C25H26N2O4S/c28-25(26-23-15-7-8-16-24(23)31-22-13-5-2-6-14-22)21-12-9-17-27(18-21)32(29,30)19-20-10-3-1-4-11-20/h1-8,10-11,13-16,21H,9,12,17-19H2,(H,26,28)/t21-/m1/s1. The van der Waals surface area contributed by atoms with Crippen molar-refractivity contribution in [3.8, 4) is 11.5 Å². The summed E-state index contributed by atoms with van der Waals surface area (Å²) >= 11 is 0. The number of para-hydroxylation sites is 3. The van der Waals surface area contributed by atoms with E-state index in [-0.39, 0.29) is 18.2 Å². The highest BCUT2D eigenvalue weighted by atomic mass is 32.2. The minimum atomic E-state index is -3.50. The molecule has 1 atom stereocenters. The topological polar surface area (TPSA) is 75.7 Å². The second-order valence-electron chi connectivity index (χ2n) is 7.84. The maximum atomic E-state index is 13.0. The molecule has 4 rings (SSSR count). The largest absolute Gasteiger partial charge is 0.455 e. The lowest BCUT2D eigenvalue weighted by molar-refractivity contribution is -0.120. The van der Waals surface area contributed by atoms with Crippen LogP contribution in [0.15, 0.2) is 84.9 Å². The van der Waals surface area contributed by atoms with Gasteiger partial charge in [0.1, 0.15) is 5.75 Å². The van der Waals surface area contributed by atoms with Crippen molar-refractivity contribution in [2.75, 3.05) is 18.4 Å². The molecule has 0 saturated carbocycles. The van der Waals surface area contributed by atoms with Crippen LogP contribution >= 0.6 is 0 Å². The van der Waals surface area contributed by atoms with E-state index in [1.807, 2.05) is 60.7 Å². The third kappa shape index (κ3) is 5.55. The van der Waals surface area contributed by atoms with Gasteiger partial charge in [-0.25, -0.2) is 12.7 Å². The fourth-order valence-electron chi connectivity index (χ4n) is 3.79. The zero-order valence-corrected chi connectivity index (χ0v) is 18.5. The number of nitrogens with zero attached hydrogens (tertiary/aromatic N) is 1. The van der Waals surface area contributed by atoms with Gasteiger partial charge >= 0.3 is 0 Å². The van der Waals surface area contributed by atoms with E-state index in [1.54, 1.807) is 24.3 Å². The van der Waals surface area contributed by atoms with Gasteiger partial charge in [-0.1, -0.05) is 60.7 Å². The summed E-state index contributed by atoms with van der Waals surface area (Å²) in [6.07, 6.45) is 1.29. The van der Waals surface area contributed by atoms with E-state index in [2.05, 4.69) is 5.32 Å². The molecule has 0 aliphatic carbocycles. The number of nitrogens with one attached hydrogen (secondary N) is 1. The monoisotopic (exact) mass is 450 g/mol. The summed E-state index contributed by atoms with van der Waals surface area (Å²) in [5, 5.41) is 2.94. The fourth-order valence-corrected chi connectivity index (χ4v) is 5.41. The van der Waals surface area contributed by atoms with E-state index in [4.69, 9.17) is 4.74 Å². The zero-order chi connectivity index (χ0) is 22.4. The van der Waals surface area contributed by atoms with Crippen molar-refractivity contribution in [1.82, 2.24) is 4.31 Å². The Morgan fingerprint density at radius 2 is 1.59 bits per heavy atom. The number of benzene rings is 3. The molecule has 1 heterocycles. The average molecular weight is 451 g/mol. The van der Waals surface area contributed by atoms with Gasteiger partial charge < -0.3 is 10.1 Å². The third-order valence-corrected chi connectivity index (χ3v) is 7.27. The van der Waals surface area contributed by atoms with Crippen LogP contribution < -0.4 is 10.1 Å². The summed E-state index contributed by atoms with van der Waals surface area (Å²) in [6.45, 7) is 0.620. The molecule has 0 radical (unpaired) electrons. The minimum Gasteiger partial charge on any atom is -0.455 e. The SMILES string of the molecule is O=C(Nc1ccccc1Oc1ccccc1)[C@@H]1CCCN(S(=O)(=O)Cc2ccccc2)C1. The van der Waals surface area contributed by atoms with Gasteiger partial charge in [0.2, 0.25) is 15.9 Å². The van der Waals surface area contributed by atoms with Gasteiger partial charge in [0.25, 0.3) is 0 Å². The first-order valence-corrected chi connectivity index (χ1v) is 12.3. The van der Waals surface area contributed by atoms with Gasteiger partial charge in [-0.2, -0.15) is 0 Å². The summed E-state index contributed by atoms with van der Waals surface area (Å²) in [5.74, 6) is 0.532. The van der Waals surface area contributed by atoms with Crippen LogP contribution in [0, 0.1) is 5.92 Å². The van der Waals surface area contributed by atoms with Crippen molar-refractivity contribution >= 4 is 21.6 Å². The highest BCUT2D eigenvalue weighted by Gasteiger charge is 2.32. The Kier molecular flexibility index (Phi) is 6.87. The smallest absolute Gasteiger partial charge is 0.228 e. The number of rotatable bonds is 7. The molecule has 0 aromatic heterocycles. The Morgan fingerprint density at radius 3 is 2.34 bits per heavy atom. The Balaban J connectivity index is 1.43. The second kappa shape index (κ2) is 9.97. The molecule has 1 fully saturated rings. The molecular formula is C25H26N2O4S. The number of carbonyl (C=O) groups excluding carboxylic acids is 1. The predicted molar refractivity (Wildman–Crippen MR) is 125 cm³/mol. The second-order valence-corrected chi connectivity index (χ2v) is 9.81. The lowest BCUT2D eigenvalue weighted by Gasteiger charge is -2.31. The number of sulfonamides is 1. The molecule has 6 nitrogen and oxygen atoms in total. The van der Waals surface area contributed by atoms with E-state index in [0.717, 1.165) is 5.56 Å². The Morgan fingerprint density at radius 1 is 0.938 bits per heavy atom. The molecule has 0 unspecified atom stereocenters. The number of piperidine rings is 1. The number of hydrogen-bond acceptors (Lipinski definition) is 4. The Labute approximate surface area is 188 Å². The molecular weight excluding hydrogens is 424 g/mol. The summed E-state index contributed by atoms with van der Waals surface area (Å²) in [5.41, 5.74) is 1.30. The lowest BCUT2D eigenvalue weighted by Crippen LogP contribution is -2.44. The molecule has 7 heteroatoms. The van der Waals surface area contributed by atoms with E-state index in [0.29, 0.717) is 36.6 Å². The summed E-state index contributed by atoms with van der Waals surface area (Å²) in [4.78, 5) is 13.0. The van der Waals surface area contributed by atoms with Gasteiger partial charge in [-0.05, 0) is 42.7 Å². The zero-order valence-electron chi connectivity index (χ0n) is 17.7. The first kappa shape index (κ1) is 22.0. The molecule has 3 aromatic carbocycles. The van der Waals surface area contributed by atoms with Gasteiger partial charge in [-0.15, -0.1) is 0 Å². The molecule has 1 amide bonds. The number of amides is 1. The number of hydrogen-bond donors (Lipinski definition) is 1. The van der Waals surface area contributed by atoms with E-state index >= 15 is 0 Å². The summed E-state index contributed by atoms with van der Waals surface area (Å²) < 4.78 is 33.2. The van der Waals surface area contributed by atoms with Gasteiger partial charge in [0.05, 0.1) is 17.4 Å². The maximum absolute atomic E-state index is 13.0. The third-order valence-electron chi connectivity index (χ3n) is 5.46. The Bertz CT molecular complexity index is 1150.